The number of amides is 4. The Morgan fingerprint density at radius 1 is 0.617 bits per heavy atom. The van der Waals surface area contributed by atoms with E-state index in [1.807, 2.05) is 32.8 Å². The van der Waals surface area contributed by atoms with Crippen molar-refractivity contribution in [2.75, 3.05) is 7.11 Å². The standard InChI is InChI=1S/C36H58N4O7/c1-31(2)19-35(20-32(3,4)37-31)27(41)38(29(43)46-35)25-14-10-23(11-15-25)18-24-12-16-26(17-13-24)39-28(42)36(47-30(39)44)21-33(5,6)40(45-9)34(7,8)22-36/h23-26,37H,10-22H2,1-9H3. The molecule has 0 aromatic rings. The molecule has 2 aliphatic carbocycles. The van der Waals surface area contributed by atoms with Crippen LogP contribution in [0.2, 0.25) is 0 Å². The van der Waals surface area contributed by atoms with Gasteiger partial charge >= 0.3 is 12.2 Å². The maximum Gasteiger partial charge on any atom is 0.417 e. The van der Waals surface area contributed by atoms with Gasteiger partial charge in [-0.15, -0.1) is 0 Å². The number of hydroxylamine groups is 2. The van der Waals surface area contributed by atoms with E-state index in [-0.39, 0.29) is 35.0 Å². The number of piperidine rings is 2. The second-order valence-corrected chi connectivity index (χ2v) is 18.4. The third-order valence-electron chi connectivity index (χ3n) is 12.1. The van der Waals surface area contributed by atoms with E-state index in [1.54, 1.807) is 7.11 Å². The van der Waals surface area contributed by atoms with Crippen LogP contribution in [0.4, 0.5) is 9.59 Å². The van der Waals surface area contributed by atoms with Crippen molar-refractivity contribution in [1.29, 1.82) is 0 Å². The number of imide groups is 2. The summed E-state index contributed by atoms with van der Waals surface area (Å²) in [4.78, 5) is 62.8. The normalized spacial score (nSPS) is 35.8. The molecule has 2 spiro atoms. The predicted molar refractivity (Wildman–Crippen MR) is 175 cm³/mol. The van der Waals surface area contributed by atoms with Crippen LogP contribution < -0.4 is 5.32 Å². The average molecular weight is 659 g/mol. The largest absolute Gasteiger partial charge is 0.432 e. The zero-order valence-corrected chi connectivity index (χ0v) is 30.2. The van der Waals surface area contributed by atoms with Crippen LogP contribution in [0, 0.1) is 11.8 Å². The van der Waals surface area contributed by atoms with E-state index in [0.29, 0.717) is 37.5 Å². The SMILES string of the molecule is CON1C(C)(C)CC2(CC1(C)C)OC(=O)N(C1CCC(CC3CCC(N4C(=O)OC5(CC(C)(C)NC(C)(C)C5)C4=O)CC3)CC1)C2=O. The molecule has 11 heteroatoms. The van der Waals surface area contributed by atoms with Gasteiger partial charge < -0.3 is 19.6 Å². The molecule has 4 amide bonds. The van der Waals surface area contributed by atoms with E-state index >= 15 is 0 Å². The van der Waals surface area contributed by atoms with Gasteiger partial charge in [0.15, 0.2) is 11.2 Å². The zero-order chi connectivity index (χ0) is 34.4. The van der Waals surface area contributed by atoms with E-state index in [0.717, 1.165) is 57.8 Å². The number of hydrogen-bond donors (Lipinski definition) is 1. The van der Waals surface area contributed by atoms with Crippen molar-refractivity contribution in [2.24, 2.45) is 11.8 Å². The first kappa shape index (κ1) is 34.6. The Morgan fingerprint density at radius 2 is 0.979 bits per heavy atom. The van der Waals surface area contributed by atoms with Crippen LogP contribution in [0.5, 0.6) is 0 Å². The third kappa shape index (κ3) is 6.11. The van der Waals surface area contributed by atoms with Crippen molar-refractivity contribution in [2.45, 2.75) is 184 Å². The fourth-order valence-corrected chi connectivity index (χ4v) is 11.4. The quantitative estimate of drug-likeness (QED) is 0.375. The molecule has 2 saturated carbocycles. The highest BCUT2D eigenvalue weighted by atomic mass is 16.7. The van der Waals surface area contributed by atoms with Gasteiger partial charge in [-0.2, -0.15) is 5.06 Å². The number of carbonyl (C=O) groups is 4. The molecular formula is C36H58N4O7. The molecule has 6 aliphatic rings. The monoisotopic (exact) mass is 658 g/mol. The summed E-state index contributed by atoms with van der Waals surface area (Å²) in [6.07, 6.45) is 9.01. The molecule has 11 nitrogen and oxygen atoms in total. The van der Waals surface area contributed by atoms with Gasteiger partial charge in [0.25, 0.3) is 11.8 Å². The molecule has 0 radical (unpaired) electrons. The number of hydrogen-bond acceptors (Lipinski definition) is 9. The summed E-state index contributed by atoms with van der Waals surface area (Å²) in [5.41, 5.74) is -3.83. The Morgan fingerprint density at radius 3 is 1.34 bits per heavy atom. The molecule has 47 heavy (non-hydrogen) atoms. The Balaban J connectivity index is 1.01. The van der Waals surface area contributed by atoms with Gasteiger partial charge in [-0.05, 0) is 125 Å². The lowest BCUT2D eigenvalue weighted by Gasteiger charge is -2.55. The summed E-state index contributed by atoms with van der Waals surface area (Å²) in [5, 5.41) is 5.52. The van der Waals surface area contributed by atoms with Crippen LogP contribution in [0.25, 0.3) is 0 Å². The Hall–Kier alpha value is -2.24. The number of nitrogens with one attached hydrogen (secondary N) is 1. The minimum atomic E-state index is -1.16. The third-order valence-corrected chi connectivity index (χ3v) is 12.1. The van der Waals surface area contributed by atoms with Crippen LogP contribution >= 0.6 is 0 Å². The molecule has 264 valence electrons. The molecule has 0 aromatic heterocycles. The Bertz CT molecular complexity index is 1260. The first-order valence-electron chi connectivity index (χ1n) is 18.0. The van der Waals surface area contributed by atoms with Gasteiger partial charge in [0.2, 0.25) is 0 Å². The van der Waals surface area contributed by atoms with Crippen LogP contribution in [0.15, 0.2) is 0 Å². The van der Waals surface area contributed by atoms with Crippen LogP contribution in [0.1, 0.15) is 139 Å². The van der Waals surface area contributed by atoms with Crippen LogP contribution in [-0.2, 0) is 23.9 Å². The van der Waals surface area contributed by atoms with Crippen molar-refractivity contribution in [3.63, 3.8) is 0 Å². The smallest absolute Gasteiger partial charge is 0.417 e. The van der Waals surface area contributed by atoms with E-state index < -0.39 is 34.5 Å². The molecule has 4 heterocycles. The minimum absolute atomic E-state index is 0.104. The molecule has 4 aliphatic heterocycles. The fraction of sp³-hybridized carbons (Fsp3) is 0.889. The van der Waals surface area contributed by atoms with Crippen molar-refractivity contribution in [3.05, 3.63) is 0 Å². The summed E-state index contributed by atoms with van der Waals surface area (Å²) in [7, 11) is 1.65. The number of ether oxygens (including phenoxy) is 2. The first-order valence-corrected chi connectivity index (χ1v) is 18.0. The molecule has 6 rings (SSSR count). The van der Waals surface area contributed by atoms with Gasteiger partial charge in [0, 0.05) is 59.9 Å². The summed E-state index contributed by atoms with van der Waals surface area (Å²) >= 11 is 0. The summed E-state index contributed by atoms with van der Waals surface area (Å²) in [6.45, 7) is 16.4. The maximum atomic E-state index is 14.0. The predicted octanol–water partition coefficient (Wildman–Crippen LogP) is 6.08. The van der Waals surface area contributed by atoms with Crippen molar-refractivity contribution in [1.82, 2.24) is 20.2 Å². The molecule has 6 fully saturated rings. The number of carbonyl (C=O) groups excluding carboxylic acids is 4. The molecule has 0 aromatic carbocycles. The topological polar surface area (TPSA) is 118 Å². The van der Waals surface area contributed by atoms with Crippen molar-refractivity contribution < 1.29 is 33.5 Å². The second-order valence-electron chi connectivity index (χ2n) is 18.4. The van der Waals surface area contributed by atoms with Crippen LogP contribution in [0.3, 0.4) is 0 Å². The summed E-state index contributed by atoms with van der Waals surface area (Å²) < 4.78 is 11.9. The highest BCUT2D eigenvalue weighted by Crippen LogP contribution is 2.50. The highest BCUT2D eigenvalue weighted by Gasteiger charge is 2.65. The number of nitrogens with zero attached hydrogens (tertiary/aromatic N) is 3. The van der Waals surface area contributed by atoms with E-state index in [9.17, 15) is 19.2 Å². The van der Waals surface area contributed by atoms with Crippen LogP contribution in [-0.4, -0.2) is 91.4 Å². The summed E-state index contributed by atoms with van der Waals surface area (Å²) in [5.74, 6) is 0.748. The van der Waals surface area contributed by atoms with Crippen molar-refractivity contribution in [3.8, 4) is 0 Å². The molecular weight excluding hydrogens is 600 g/mol. The van der Waals surface area contributed by atoms with Gasteiger partial charge in [0.05, 0.1) is 7.11 Å². The van der Waals surface area contributed by atoms with E-state index in [2.05, 4.69) is 33.0 Å². The van der Waals surface area contributed by atoms with Gasteiger partial charge in [0.1, 0.15) is 0 Å². The molecule has 4 saturated heterocycles. The van der Waals surface area contributed by atoms with Gasteiger partial charge in [-0.3, -0.25) is 9.59 Å². The Kier molecular flexibility index (Phi) is 8.40. The minimum Gasteiger partial charge on any atom is -0.432 e. The lowest BCUT2D eigenvalue weighted by atomic mass is 9.71. The number of rotatable bonds is 5. The lowest BCUT2D eigenvalue weighted by Crippen LogP contribution is -2.67. The molecule has 0 bridgehead atoms. The van der Waals surface area contributed by atoms with E-state index in [4.69, 9.17) is 14.3 Å². The molecule has 0 unspecified atom stereocenters. The molecule has 1 N–H and O–H groups in total. The summed E-state index contributed by atoms with van der Waals surface area (Å²) in [6, 6.07) is -0.231. The average Bonchev–Trinajstić information content (AvgIpc) is 3.28. The van der Waals surface area contributed by atoms with Gasteiger partial charge in [-0.25, -0.2) is 19.4 Å². The molecule has 0 atom stereocenters. The van der Waals surface area contributed by atoms with Gasteiger partial charge in [-0.1, -0.05) is 0 Å². The maximum absolute atomic E-state index is 14.0. The van der Waals surface area contributed by atoms with E-state index in [1.165, 1.54) is 9.80 Å². The zero-order valence-electron chi connectivity index (χ0n) is 30.2. The fourth-order valence-electron chi connectivity index (χ4n) is 11.4. The Labute approximate surface area is 280 Å². The van der Waals surface area contributed by atoms with Crippen molar-refractivity contribution >= 4 is 24.0 Å². The first-order chi connectivity index (χ1) is 21.7. The second kappa shape index (κ2) is 11.4. The lowest BCUT2D eigenvalue weighted by molar-refractivity contribution is -0.285. The highest BCUT2D eigenvalue weighted by molar-refractivity contribution is 6.04.